The normalized spacial score (nSPS) is 11.0. The van der Waals surface area contributed by atoms with E-state index in [0.29, 0.717) is 46.0 Å². The predicted octanol–water partition coefficient (Wildman–Crippen LogP) is 5.20. The van der Waals surface area contributed by atoms with Crippen molar-refractivity contribution >= 4 is 33.5 Å². The zero-order chi connectivity index (χ0) is 23.7. The summed E-state index contributed by atoms with van der Waals surface area (Å²) < 4.78 is 17.3. The minimum absolute atomic E-state index is 0.277. The summed E-state index contributed by atoms with van der Waals surface area (Å²) in [6.45, 7) is 2.10. The van der Waals surface area contributed by atoms with Gasteiger partial charge in [-0.15, -0.1) is 0 Å². The average Bonchev–Trinajstić information content (AvgIpc) is 3.19. The van der Waals surface area contributed by atoms with Gasteiger partial charge in [0.1, 0.15) is 28.6 Å². The number of fused-ring (bicyclic) bond motifs is 2. The second kappa shape index (κ2) is 8.84. The minimum atomic E-state index is -0.277. The van der Waals surface area contributed by atoms with Crippen molar-refractivity contribution in [1.82, 2.24) is 9.97 Å². The highest BCUT2D eigenvalue weighted by Crippen LogP contribution is 2.34. The second-order valence-electron chi connectivity index (χ2n) is 7.68. The lowest BCUT2D eigenvalue weighted by Crippen LogP contribution is -2.13. The molecule has 0 unspecified atom stereocenters. The highest BCUT2D eigenvalue weighted by Gasteiger charge is 2.19. The monoisotopic (exact) mass is 454 g/mol. The number of aromatic nitrogens is 2. The third-order valence-electron chi connectivity index (χ3n) is 5.49. The van der Waals surface area contributed by atoms with Gasteiger partial charge in [0.2, 0.25) is 0 Å². The van der Waals surface area contributed by atoms with Gasteiger partial charge in [-0.05, 0) is 49.4 Å². The van der Waals surface area contributed by atoms with Gasteiger partial charge in [-0.3, -0.25) is 14.8 Å². The van der Waals surface area contributed by atoms with Crippen LogP contribution in [0.5, 0.6) is 17.2 Å². The van der Waals surface area contributed by atoms with E-state index in [1.807, 2.05) is 30.3 Å². The second-order valence-corrected chi connectivity index (χ2v) is 7.68. The quantitative estimate of drug-likeness (QED) is 0.363. The molecule has 3 aromatic heterocycles. The van der Waals surface area contributed by atoms with Crippen molar-refractivity contribution in [3.8, 4) is 17.2 Å². The van der Waals surface area contributed by atoms with Crippen molar-refractivity contribution in [2.75, 3.05) is 12.4 Å². The SMILES string of the molecule is COc1ccc2c(Oc3ccc4c(C(=O)Nc5ccc(CN)nc5)c(C)oc4c3)ccnc2c1. The Labute approximate surface area is 195 Å². The summed E-state index contributed by atoms with van der Waals surface area (Å²) in [5.74, 6) is 2.19. The zero-order valence-electron chi connectivity index (χ0n) is 18.7. The van der Waals surface area contributed by atoms with Crippen LogP contribution in [0.25, 0.3) is 21.9 Å². The van der Waals surface area contributed by atoms with E-state index in [-0.39, 0.29) is 5.91 Å². The van der Waals surface area contributed by atoms with Crippen LogP contribution in [0.2, 0.25) is 0 Å². The molecule has 0 spiro atoms. The van der Waals surface area contributed by atoms with Gasteiger partial charge < -0.3 is 24.9 Å². The molecule has 0 aliphatic heterocycles. The van der Waals surface area contributed by atoms with Gasteiger partial charge in [-0.2, -0.15) is 0 Å². The van der Waals surface area contributed by atoms with Gasteiger partial charge in [-0.1, -0.05) is 0 Å². The highest BCUT2D eigenvalue weighted by molar-refractivity contribution is 6.13. The van der Waals surface area contributed by atoms with Gasteiger partial charge in [0.25, 0.3) is 5.91 Å². The number of benzene rings is 2. The summed E-state index contributed by atoms with van der Waals surface area (Å²) in [4.78, 5) is 21.6. The Morgan fingerprint density at radius 3 is 2.62 bits per heavy atom. The van der Waals surface area contributed by atoms with Crippen molar-refractivity contribution in [2.45, 2.75) is 13.5 Å². The van der Waals surface area contributed by atoms with E-state index in [1.165, 1.54) is 0 Å². The third kappa shape index (κ3) is 4.02. The Bertz CT molecular complexity index is 1510. The first kappa shape index (κ1) is 21.4. The van der Waals surface area contributed by atoms with E-state index in [0.717, 1.165) is 22.3 Å². The number of aryl methyl sites for hydroxylation is 1. The largest absolute Gasteiger partial charge is 0.497 e. The lowest BCUT2D eigenvalue weighted by atomic mass is 10.1. The Kier molecular flexibility index (Phi) is 5.57. The molecule has 0 bridgehead atoms. The first-order chi connectivity index (χ1) is 16.6. The third-order valence-corrected chi connectivity index (χ3v) is 5.49. The smallest absolute Gasteiger partial charge is 0.259 e. The van der Waals surface area contributed by atoms with Gasteiger partial charge in [-0.25, -0.2) is 0 Å². The Morgan fingerprint density at radius 1 is 1.03 bits per heavy atom. The Morgan fingerprint density at radius 2 is 1.85 bits per heavy atom. The molecule has 8 heteroatoms. The van der Waals surface area contributed by atoms with Crippen molar-refractivity contribution in [1.29, 1.82) is 0 Å². The van der Waals surface area contributed by atoms with Crippen molar-refractivity contribution in [3.63, 3.8) is 0 Å². The fourth-order valence-electron chi connectivity index (χ4n) is 3.80. The van der Waals surface area contributed by atoms with Crippen LogP contribution in [0.1, 0.15) is 21.8 Å². The number of nitrogens with two attached hydrogens (primary N) is 1. The fourth-order valence-corrected chi connectivity index (χ4v) is 3.80. The van der Waals surface area contributed by atoms with Gasteiger partial charge in [0, 0.05) is 35.6 Å². The lowest BCUT2D eigenvalue weighted by molar-refractivity contribution is 0.102. The molecular formula is C26H22N4O4. The number of hydrogen-bond donors (Lipinski definition) is 2. The van der Waals surface area contributed by atoms with Crippen LogP contribution < -0.4 is 20.5 Å². The number of carbonyl (C=O) groups excluding carboxylic acids is 1. The maximum absolute atomic E-state index is 13.0. The molecule has 34 heavy (non-hydrogen) atoms. The molecule has 2 aromatic carbocycles. The van der Waals surface area contributed by atoms with Crippen molar-refractivity contribution < 1.29 is 18.7 Å². The lowest BCUT2D eigenvalue weighted by Gasteiger charge is -2.09. The molecule has 3 heterocycles. The number of rotatable bonds is 6. The van der Waals surface area contributed by atoms with Crippen LogP contribution >= 0.6 is 0 Å². The molecular weight excluding hydrogens is 432 g/mol. The van der Waals surface area contributed by atoms with Crippen LogP contribution in [0, 0.1) is 6.92 Å². The first-order valence-electron chi connectivity index (χ1n) is 10.7. The van der Waals surface area contributed by atoms with E-state index in [1.54, 1.807) is 50.7 Å². The molecule has 3 N–H and O–H groups in total. The van der Waals surface area contributed by atoms with Crippen molar-refractivity contribution in [2.24, 2.45) is 5.73 Å². The molecule has 0 aliphatic carbocycles. The summed E-state index contributed by atoms with van der Waals surface area (Å²) in [7, 11) is 1.62. The van der Waals surface area contributed by atoms with Gasteiger partial charge >= 0.3 is 0 Å². The number of nitrogens with zero attached hydrogens (tertiary/aromatic N) is 2. The number of carbonyl (C=O) groups is 1. The van der Waals surface area contributed by atoms with Crippen molar-refractivity contribution in [3.05, 3.63) is 84.0 Å². The number of furan rings is 1. The first-order valence-corrected chi connectivity index (χ1v) is 10.7. The average molecular weight is 454 g/mol. The van der Waals surface area contributed by atoms with Crippen LogP contribution in [0.3, 0.4) is 0 Å². The fraction of sp³-hybridized carbons (Fsp3) is 0.115. The predicted molar refractivity (Wildman–Crippen MR) is 129 cm³/mol. The maximum Gasteiger partial charge on any atom is 0.259 e. The van der Waals surface area contributed by atoms with Crippen LogP contribution in [0.4, 0.5) is 5.69 Å². The number of anilines is 1. The molecule has 1 amide bonds. The molecule has 0 fully saturated rings. The number of amides is 1. The Balaban J connectivity index is 1.43. The molecule has 0 saturated carbocycles. The van der Waals surface area contributed by atoms with E-state index in [4.69, 9.17) is 19.6 Å². The summed E-state index contributed by atoms with van der Waals surface area (Å²) in [5, 5.41) is 4.41. The van der Waals surface area contributed by atoms with Crippen LogP contribution in [-0.2, 0) is 6.54 Å². The summed E-state index contributed by atoms with van der Waals surface area (Å²) in [6.07, 6.45) is 3.27. The van der Waals surface area contributed by atoms with Crippen LogP contribution in [-0.4, -0.2) is 23.0 Å². The van der Waals surface area contributed by atoms with Gasteiger partial charge in [0.05, 0.1) is 35.8 Å². The van der Waals surface area contributed by atoms with E-state index in [9.17, 15) is 4.79 Å². The summed E-state index contributed by atoms with van der Waals surface area (Å²) in [6, 6.07) is 16.4. The standard InChI is InChI=1S/C26H22N4O4/c1-15-25(26(31)30-17-4-3-16(13-27)29-14-17)21-8-6-19(12-24(21)33-15)34-23-9-10-28-22-11-18(32-2)5-7-20(22)23/h3-12,14H,13,27H2,1-2H3,(H,30,31). The van der Waals surface area contributed by atoms with E-state index in [2.05, 4.69) is 15.3 Å². The molecule has 8 nitrogen and oxygen atoms in total. The van der Waals surface area contributed by atoms with E-state index >= 15 is 0 Å². The molecule has 170 valence electrons. The minimum Gasteiger partial charge on any atom is -0.497 e. The van der Waals surface area contributed by atoms with E-state index < -0.39 is 0 Å². The number of hydrogen-bond acceptors (Lipinski definition) is 7. The molecule has 0 atom stereocenters. The molecule has 0 radical (unpaired) electrons. The van der Waals surface area contributed by atoms with Crippen LogP contribution in [0.15, 0.2) is 71.4 Å². The maximum atomic E-state index is 13.0. The number of nitrogens with one attached hydrogen (secondary N) is 1. The molecule has 5 rings (SSSR count). The topological polar surface area (TPSA) is 112 Å². The molecule has 0 saturated heterocycles. The number of methoxy groups -OCH3 is 1. The molecule has 5 aromatic rings. The number of pyridine rings is 2. The van der Waals surface area contributed by atoms with Gasteiger partial charge in [0.15, 0.2) is 0 Å². The summed E-state index contributed by atoms with van der Waals surface area (Å²) >= 11 is 0. The number of ether oxygens (including phenoxy) is 2. The molecule has 0 aliphatic rings. The zero-order valence-corrected chi connectivity index (χ0v) is 18.7. The Hall–Kier alpha value is -4.43. The summed E-state index contributed by atoms with van der Waals surface area (Å²) in [5.41, 5.74) is 8.69. The highest BCUT2D eigenvalue weighted by atomic mass is 16.5.